The third kappa shape index (κ3) is 5.78. The van der Waals surface area contributed by atoms with E-state index in [1.165, 1.54) is 0 Å². The number of carbonyl (C=O) groups is 2. The number of ether oxygens (including phenoxy) is 2. The summed E-state index contributed by atoms with van der Waals surface area (Å²) in [6, 6.07) is 0. The third-order valence-electron chi connectivity index (χ3n) is 14.7. The van der Waals surface area contributed by atoms with Crippen LogP contribution in [0.5, 0.6) is 0 Å². The van der Waals surface area contributed by atoms with Gasteiger partial charge in [-0.25, -0.2) is 0 Å². The summed E-state index contributed by atoms with van der Waals surface area (Å²) in [5.41, 5.74) is -1.39. The van der Waals surface area contributed by atoms with Crippen molar-refractivity contribution in [3.63, 3.8) is 0 Å². The summed E-state index contributed by atoms with van der Waals surface area (Å²) in [6.07, 6.45) is 7.78. The molecule has 5 fully saturated rings. The second-order valence-electron chi connectivity index (χ2n) is 17.8. The number of aliphatic hydroxyl groups excluding tert-OH is 1. The molecule has 47 heavy (non-hydrogen) atoms. The number of aliphatic hydroxyl groups is 2. The number of carbonyl (C=O) groups excluding carboxylic acids is 2. The molecular formula is C36H56ClN3O6S. The first kappa shape index (κ1) is 35.5. The molecule has 5 aliphatic rings. The first-order valence-corrected chi connectivity index (χ1v) is 19.0. The van der Waals surface area contributed by atoms with E-state index >= 15 is 0 Å². The number of nitrogens with zero attached hydrogens (tertiary/aromatic N) is 2. The van der Waals surface area contributed by atoms with Gasteiger partial charge in [0.05, 0.1) is 29.8 Å². The van der Waals surface area contributed by atoms with Gasteiger partial charge >= 0.3 is 5.97 Å². The van der Waals surface area contributed by atoms with Gasteiger partial charge in [-0.2, -0.15) is 0 Å². The van der Waals surface area contributed by atoms with Crippen molar-refractivity contribution in [2.24, 2.45) is 45.3 Å². The SMILES string of the molecule is CC(C)(O)[C@H]1CC[C@@](C)(C2CC[C@]3(C)[C@@H]2[C@H](O)C[C@@H]2[C@@]4(C)CC[C@H](OC(=O)CCC(=O)Nc5nnc(Cl)s5)C(C)(C)[C@@H]4CC[C@]23C)O1. The molecule has 4 saturated carbocycles. The molecule has 1 aromatic rings. The van der Waals surface area contributed by atoms with Crippen molar-refractivity contribution in [3.05, 3.63) is 4.47 Å². The number of halogens is 1. The van der Waals surface area contributed by atoms with Crippen LogP contribution in [0.15, 0.2) is 0 Å². The molecule has 264 valence electrons. The minimum absolute atomic E-state index is 0.000135. The molecule has 2 heterocycles. The topological polar surface area (TPSA) is 131 Å². The van der Waals surface area contributed by atoms with E-state index in [-0.39, 0.29) is 80.5 Å². The maximum absolute atomic E-state index is 13.0. The lowest BCUT2D eigenvalue weighted by Crippen LogP contribution is -2.66. The lowest BCUT2D eigenvalue weighted by molar-refractivity contribution is -0.251. The number of hydrogen-bond donors (Lipinski definition) is 3. The Morgan fingerprint density at radius 2 is 1.68 bits per heavy atom. The van der Waals surface area contributed by atoms with Crippen molar-refractivity contribution < 1.29 is 29.3 Å². The summed E-state index contributed by atoms with van der Waals surface area (Å²) in [5.74, 6) is 0.465. The predicted octanol–water partition coefficient (Wildman–Crippen LogP) is 7.19. The zero-order valence-electron chi connectivity index (χ0n) is 29.5. The summed E-state index contributed by atoms with van der Waals surface area (Å²) >= 11 is 6.87. The highest BCUT2D eigenvalue weighted by Gasteiger charge is 2.72. The number of aromatic nitrogens is 2. The normalized spacial score (nSPS) is 44.3. The van der Waals surface area contributed by atoms with Gasteiger partial charge in [0.1, 0.15) is 6.10 Å². The standard InChI is InChI=1S/C36H56ClN3O6S/c1-31(2)22-12-17-34(6)23(19-21(41)28-20(11-16-35(28,34)7)36(8)18-14-25(46-36)32(3,4)44)33(22,5)15-13-24(31)45-27(43)10-9-26(42)38-30-40-39-29(37)47-30/h20-25,28,41,44H,9-19H2,1-8H3,(H,38,40,42)/t20?,21-,22+,23-,24+,25-,28+,33+,34-,35-,36+/m1/s1. The Kier molecular flexibility index (Phi) is 8.97. The highest BCUT2D eigenvalue weighted by atomic mass is 35.5. The Bertz CT molecular complexity index is 1380. The molecular weight excluding hydrogens is 638 g/mol. The number of anilines is 1. The molecule has 6 rings (SSSR count). The molecule has 11 atom stereocenters. The number of hydrogen-bond acceptors (Lipinski definition) is 9. The summed E-state index contributed by atoms with van der Waals surface area (Å²) in [6.45, 7) is 17.9. The van der Waals surface area contributed by atoms with Crippen molar-refractivity contribution >= 4 is 39.9 Å². The molecule has 4 aliphatic carbocycles. The molecule has 11 heteroatoms. The smallest absolute Gasteiger partial charge is 0.306 e. The van der Waals surface area contributed by atoms with Crippen molar-refractivity contribution in [2.45, 2.75) is 156 Å². The van der Waals surface area contributed by atoms with Gasteiger partial charge in [0.2, 0.25) is 15.5 Å². The van der Waals surface area contributed by atoms with Crippen molar-refractivity contribution in [3.8, 4) is 0 Å². The number of esters is 1. The summed E-state index contributed by atoms with van der Waals surface area (Å²) in [4.78, 5) is 25.4. The highest BCUT2D eigenvalue weighted by Crippen LogP contribution is 2.76. The molecule has 0 spiro atoms. The van der Waals surface area contributed by atoms with Crippen molar-refractivity contribution in [2.75, 3.05) is 5.32 Å². The summed E-state index contributed by atoms with van der Waals surface area (Å²) in [5, 5.41) is 33.3. The number of amides is 1. The molecule has 0 radical (unpaired) electrons. The van der Waals surface area contributed by atoms with Gasteiger partial charge in [-0.15, -0.1) is 10.2 Å². The van der Waals surface area contributed by atoms with Gasteiger partial charge < -0.3 is 25.0 Å². The van der Waals surface area contributed by atoms with E-state index in [0.29, 0.717) is 17.0 Å². The molecule has 1 amide bonds. The minimum atomic E-state index is -0.876. The van der Waals surface area contributed by atoms with Gasteiger partial charge in [0, 0.05) is 11.8 Å². The van der Waals surface area contributed by atoms with E-state index in [0.717, 1.165) is 69.1 Å². The van der Waals surface area contributed by atoms with E-state index in [4.69, 9.17) is 21.1 Å². The van der Waals surface area contributed by atoms with Crippen molar-refractivity contribution in [1.29, 1.82) is 0 Å². The Labute approximate surface area is 289 Å². The van der Waals surface area contributed by atoms with E-state index in [2.05, 4.69) is 57.1 Å². The first-order chi connectivity index (χ1) is 21.7. The fourth-order valence-corrected chi connectivity index (χ4v) is 12.9. The molecule has 3 N–H and O–H groups in total. The van der Waals surface area contributed by atoms with Crippen LogP contribution in [0.1, 0.15) is 126 Å². The molecule has 0 aromatic carbocycles. The molecule has 1 aromatic heterocycles. The molecule has 1 unspecified atom stereocenters. The monoisotopic (exact) mass is 693 g/mol. The lowest BCUT2D eigenvalue weighted by atomic mass is 9.35. The fraction of sp³-hybridized carbons (Fsp3) is 0.889. The number of rotatable bonds is 7. The second-order valence-corrected chi connectivity index (χ2v) is 19.4. The van der Waals surface area contributed by atoms with Crippen LogP contribution in [0.2, 0.25) is 4.47 Å². The van der Waals surface area contributed by atoms with E-state index in [1.807, 2.05) is 13.8 Å². The van der Waals surface area contributed by atoms with Crippen LogP contribution in [0, 0.1) is 45.3 Å². The summed E-state index contributed by atoms with van der Waals surface area (Å²) < 4.78 is 13.1. The minimum Gasteiger partial charge on any atom is -0.462 e. The van der Waals surface area contributed by atoms with Crippen LogP contribution in [0.25, 0.3) is 0 Å². The Hall–Kier alpha value is -1.33. The van der Waals surface area contributed by atoms with Crippen LogP contribution < -0.4 is 5.32 Å². The zero-order valence-corrected chi connectivity index (χ0v) is 31.1. The maximum Gasteiger partial charge on any atom is 0.306 e. The number of nitrogens with one attached hydrogen (secondary N) is 1. The van der Waals surface area contributed by atoms with Crippen LogP contribution in [0.3, 0.4) is 0 Å². The quantitative estimate of drug-likeness (QED) is 0.256. The average Bonchev–Trinajstić information content (AvgIpc) is 3.68. The van der Waals surface area contributed by atoms with Crippen molar-refractivity contribution in [1.82, 2.24) is 10.2 Å². The lowest BCUT2D eigenvalue weighted by Gasteiger charge is -2.70. The predicted molar refractivity (Wildman–Crippen MR) is 182 cm³/mol. The van der Waals surface area contributed by atoms with Crippen LogP contribution in [-0.4, -0.2) is 61.8 Å². The molecule has 0 bridgehead atoms. The number of fused-ring (bicyclic) bond motifs is 5. The third-order valence-corrected chi connectivity index (χ3v) is 15.6. The fourth-order valence-electron chi connectivity index (χ4n) is 12.1. The van der Waals surface area contributed by atoms with Crippen LogP contribution in [-0.2, 0) is 19.1 Å². The average molecular weight is 694 g/mol. The van der Waals surface area contributed by atoms with E-state index < -0.39 is 11.7 Å². The second kappa shape index (κ2) is 11.9. The Balaban J connectivity index is 1.15. The Morgan fingerprint density at radius 3 is 2.32 bits per heavy atom. The van der Waals surface area contributed by atoms with Crippen LogP contribution >= 0.6 is 22.9 Å². The molecule has 9 nitrogen and oxygen atoms in total. The van der Waals surface area contributed by atoms with Gasteiger partial charge in [0.25, 0.3) is 0 Å². The van der Waals surface area contributed by atoms with Crippen LogP contribution in [0.4, 0.5) is 5.13 Å². The van der Waals surface area contributed by atoms with Gasteiger partial charge in [-0.3, -0.25) is 9.59 Å². The van der Waals surface area contributed by atoms with E-state index in [1.54, 1.807) is 0 Å². The Morgan fingerprint density at radius 1 is 0.979 bits per heavy atom. The van der Waals surface area contributed by atoms with E-state index in [9.17, 15) is 19.8 Å². The maximum atomic E-state index is 13.0. The largest absolute Gasteiger partial charge is 0.462 e. The summed E-state index contributed by atoms with van der Waals surface area (Å²) in [7, 11) is 0. The molecule has 1 saturated heterocycles. The van der Waals surface area contributed by atoms with Gasteiger partial charge in [0.15, 0.2) is 0 Å². The van der Waals surface area contributed by atoms with Gasteiger partial charge in [-0.05, 0) is 130 Å². The first-order valence-electron chi connectivity index (χ1n) is 17.8. The van der Waals surface area contributed by atoms with Gasteiger partial charge in [-0.1, -0.05) is 46.0 Å². The molecule has 1 aliphatic heterocycles. The highest BCUT2D eigenvalue weighted by molar-refractivity contribution is 7.19. The zero-order chi connectivity index (χ0) is 34.4.